The summed E-state index contributed by atoms with van der Waals surface area (Å²) in [7, 11) is 1.64. The average molecular weight is 460 g/mol. The van der Waals surface area contributed by atoms with Crippen LogP contribution in [0.3, 0.4) is 0 Å². The number of hydrogen-bond donors (Lipinski definition) is 1. The Morgan fingerprint density at radius 3 is 2.52 bits per heavy atom. The maximum Gasteiger partial charge on any atom is 0.267 e. The van der Waals surface area contributed by atoms with Crippen LogP contribution >= 0.6 is 11.3 Å². The highest BCUT2D eigenvalue weighted by Gasteiger charge is 2.18. The minimum Gasteiger partial charge on any atom is -0.497 e. The van der Waals surface area contributed by atoms with Crippen molar-refractivity contribution >= 4 is 22.9 Å². The van der Waals surface area contributed by atoms with E-state index in [-0.39, 0.29) is 5.91 Å². The summed E-state index contributed by atoms with van der Waals surface area (Å²) in [6, 6.07) is 15.5. The Bertz CT molecular complexity index is 1280. The van der Waals surface area contributed by atoms with Crippen molar-refractivity contribution in [3.8, 4) is 27.7 Å². The number of ether oxygens (including phenoxy) is 1. The monoisotopic (exact) mass is 459 g/mol. The first-order valence-corrected chi connectivity index (χ1v) is 11.9. The third kappa shape index (κ3) is 4.39. The van der Waals surface area contributed by atoms with E-state index in [2.05, 4.69) is 25.1 Å². The summed E-state index contributed by atoms with van der Waals surface area (Å²) < 4.78 is 7.44. The Morgan fingerprint density at radius 2 is 1.76 bits per heavy atom. The number of thiazole rings is 1. The maximum absolute atomic E-state index is 12.9. The van der Waals surface area contributed by atoms with Crippen LogP contribution in [0.1, 0.15) is 40.5 Å². The van der Waals surface area contributed by atoms with Crippen LogP contribution in [-0.2, 0) is 13.0 Å². The number of fused-ring (bicyclic) bond motifs is 1. The van der Waals surface area contributed by atoms with Gasteiger partial charge in [-0.1, -0.05) is 6.42 Å². The minimum absolute atomic E-state index is 0.158. The number of aromatic nitrogens is 4. The number of amides is 1. The van der Waals surface area contributed by atoms with Gasteiger partial charge in [-0.3, -0.25) is 4.79 Å². The Hall–Kier alpha value is -3.52. The molecule has 1 aliphatic heterocycles. The van der Waals surface area contributed by atoms with Gasteiger partial charge in [0, 0.05) is 29.8 Å². The van der Waals surface area contributed by atoms with Gasteiger partial charge in [-0.2, -0.15) is 0 Å². The van der Waals surface area contributed by atoms with E-state index < -0.39 is 0 Å². The van der Waals surface area contributed by atoms with Crippen molar-refractivity contribution in [1.82, 2.24) is 19.7 Å². The second-order valence-corrected chi connectivity index (χ2v) is 9.09. The number of hydrogen-bond acceptors (Lipinski definition) is 6. The van der Waals surface area contributed by atoms with Gasteiger partial charge in [0.25, 0.3) is 5.91 Å². The number of benzene rings is 2. The van der Waals surface area contributed by atoms with Crippen LogP contribution in [0.4, 0.5) is 5.69 Å². The minimum atomic E-state index is -0.158. The van der Waals surface area contributed by atoms with Gasteiger partial charge in [0.1, 0.15) is 21.5 Å². The molecule has 168 valence electrons. The predicted octanol–water partition coefficient (Wildman–Crippen LogP) is 5.36. The van der Waals surface area contributed by atoms with Crippen molar-refractivity contribution < 1.29 is 9.53 Å². The van der Waals surface area contributed by atoms with E-state index in [9.17, 15) is 4.79 Å². The molecule has 7 nitrogen and oxygen atoms in total. The molecule has 1 N–H and O–H groups in total. The van der Waals surface area contributed by atoms with Gasteiger partial charge in [-0.05, 0) is 68.3 Å². The molecule has 2 aromatic heterocycles. The van der Waals surface area contributed by atoms with Crippen LogP contribution in [-0.4, -0.2) is 32.8 Å². The summed E-state index contributed by atoms with van der Waals surface area (Å²) in [4.78, 5) is 18.1. The zero-order valence-electron chi connectivity index (χ0n) is 18.7. The molecule has 5 rings (SSSR count). The van der Waals surface area contributed by atoms with Crippen molar-refractivity contribution in [2.45, 2.75) is 39.2 Å². The number of nitrogens with zero attached hydrogens (tertiary/aromatic N) is 4. The molecule has 0 saturated heterocycles. The number of methoxy groups -OCH3 is 1. The predicted molar refractivity (Wildman–Crippen MR) is 130 cm³/mol. The Labute approximate surface area is 196 Å². The number of carbonyl (C=O) groups is 1. The molecule has 0 radical (unpaired) electrons. The smallest absolute Gasteiger partial charge is 0.267 e. The van der Waals surface area contributed by atoms with Gasteiger partial charge in [-0.15, -0.1) is 21.5 Å². The lowest BCUT2D eigenvalue weighted by Crippen LogP contribution is -2.11. The van der Waals surface area contributed by atoms with Gasteiger partial charge in [-0.25, -0.2) is 4.98 Å². The number of anilines is 1. The van der Waals surface area contributed by atoms with E-state index in [1.807, 2.05) is 55.5 Å². The molecule has 33 heavy (non-hydrogen) atoms. The molecule has 0 spiro atoms. The highest BCUT2D eigenvalue weighted by molar-refractivity contribution is 7.17. The SMILES string of the molecule is COc1ccc(-c2nc(C)c(C(=O)Nc3ccc(-c4nnc5n4CCCCC5)cc3)s2)cc1. The molecule has 4 aromatic rings. The fourth-order valence-electron chi connectivity index (χ4n) is 4.05. The topological polar surface area (TPSA) is 81.9 Å². The lowest BCUT2D eigenvalue weighted by atomic mass is 10.2. The fraction of sp³-hybridized carbons (Fsp3) is 0.280. The Morgan fingerprint density at radius 1 is 1.00 bits per heavy atom. The number of carbonyl (C=O) groups excluding carboxylic acids is 1. The molecule has 0 unspecified atom stereocenters. The Kier molecular flexibility index (Phi) is 5.92. The van der Waals surface area contributed by atoms with Crippen LogP contribution in [0.5, 0.6) is 5.75 Å². The summed E-state index contributed by atoms with van der Waals surface area (Å²) >= 11 is 1.39. The van der Waals surface area contributed by atoms with Crippen LogP contribution in [0.15, 0.2) is 48.5 Å². The van der Waals surface area contributed by atoms with E-state index in [1.165, 1.54) is 24.2 Å². The molecule has 0 bridgehead atoms. The second-order valence-electron chi connectivity index (χ2n) is 8.10. The van der Waals surface area contributed by atoms with Crippen molar-refractivity contribution in [1.29, 1.82) is 0 Å². The summed E-state index contributed by atoms with van der Waals surface area (Å²) in [5.41, 5.74) is 3.41. The number of rotatable bonds is 5. The molecule has 8 heteroatoms. The number of aryl methyl sites for hydroxylation is 2. The molecular weight excluding hydrogens is 434 g/mol. The van der Waals surface area contributed by atoms with Gasteiger partial charge in [0.2, 0.25) is 0 Å². The molecule has 1 amide bonds. The van der Waals surface area contributed by atoms with E-state index in [1.54, 1.807) is 7.11 Å². The normalized spacial score (nSPS) is 13.3. The molecule has 0 aliphatic carbocycles. The summed E-state index contributed by atoms with van der Waals surface area (Å²) in [5.74, 6) is 2.59. The quantitative estimate of drug-likeness (QED) is 0.434. The molecule has 0 fully saturated rings. The molecule has 3 heterocycles. The molecule has 0 atom stereocenters. The van der Waals surface area contributed by atoms with Crippen LogP contribution in [0.25, 0.3) is 22.0 Å². The first-order chi connectivity index (χ1) is 16.1. The number of nitrogens with one attached hydrogen (secondary N) is 1. The maximum atomic E-state index is 12.9. The van der Waals surface area contributed by atoms with Crippen molar-refractivity contribution in [3.05, 3.63) is 64.9 Å². The molecule has 0 saturated carbocycles. The third-order valence-corrected chi connectivity index (χ3v) is 7.06. The fourth-order valence-corrected chi connectivity index (χ4v) is 5.02. The van der Waals surface area contributed by atoms with Crippen LogP contribution < -0.4 is 10.1 Å². The molecule has 2 aromatic carbocycles. The van der Waals surface area contributed by atoms with Gasteiger partial charge < -0.3 is 14.6 Å². The van der Waals surface area contributed by atoms with Crippen molar-refractivity contribution in [2.75, 3.05) is 12.4 Å². The highest BCUT2D eigenvalue weighted by atomic mass is 32.1. The second kappa shape index (κ2) is 9.15. The van der Waals surface area contributed by atoms with Crippen molar-refractivity contribution in [3.63, 3.8) is 0 Å². The zero-order chi connectivity index (χ0) is 22.8. The summed E-state index contributed by atoms with van der Waals surface area (Å²) in [6.45, 7) is 2.82. The zero-order valence-corrected chi connectivity index (χ0v) is 19.5. The Balaban J connectivity index is 1.31. The van der Waals surface area contributed by atoms with Gasteiger partial charge >= 0.3 is 0 Å². The van der Waals surface area contributed by atoms with E-state index >= 15 is 0 Å². The molecule has 1 aliphatic rings. The standard InChI is InChI=1S/C25H25N5O2S/c1-16-22(33-25(26-16)18-9-13-20(32-2)14-10-18)24(31)27-19-11-7-17(8-12-19)23-29-28-21-6-4-3-5-15-30(21)23/h7-14H,3-6,15H2,1-2H3,(H,27,31). The van der Waals surface area contributed by atoms with E-state index in [0.29, 0.717) is 10.6 Å². The molecular formula is C25H25N5O2S. The van der Waals surface area contributed by atoms with E-state index in [4.69, 9.17) is 4.74 Å². The first kappa shape index (κ1) is 21.3. The van der Waals surface area contributed by atoms with Crippen LogP contribution in [0.2, 0.25) is 0 Å². The van der Waals surface area contributed by atoms with Crippen LogP contribution in [0, 0.1) is 6.92 Å². The first-order valence-electron chi connectivity index (χ1n) is 11.1. The average Bonchev–Trinajstić information content (AvgIpc) is 3.35. The largest absolute Gasteiger partial charge is 0.497 e. The van der Waals surface area contributed by atoms with E-state index in [0.717, 1.165) is 58.6 Å². The van der Waals surface area contributed by atoms with Gasteiger partial charge in [0.05, 0.1) is 12.8 Å². The summed E-state index contributed by atoms with van der Waals surface area (Å²) in [5, 5.41) is 12.6. The lowest BCUT2D eigenvalue weighted by Gasteiger charge is -2.08. The summed E-state index contributed by atoms with van der Waals surface area (Å²) in [6.07, 6.45) is 4.53. The van der Waals surface area contributed by atoms with Gasteiger partial charge in [0.15, 0.2) is 5.82 Å². The lowest BCUT2D eigenvalue weighted by molar-refractivity contribution is 0.103. The highest BCUT2D eigenvalue weighted by Crippen LogP contribution is 2.30. The third-order valence-electron chi connectivity index (χ3n) is 5.85. The van der Waals surface area contributed by atoms with Crippen molar-refractivity contribution in [2.24, 2.45) is 0 Å².